The summed E-state index contributed by atoms with van der Waals surface area (Å²) in [6, 6.07) is 19.1. The molecule has 0 heterocycles. The van der Waals surface area contributed by atoms with Gasteiger partial charge in [-0.25, -0.2) is 0 Å². The zero-order chi connectivity index (χ0) is 11.8. The molecule has 16 heavy (non-hydrogen) atoms. The van der Waals surface area contributed by atoms with Crippen molar-refractivity contribution in [2.45, 2.75) is 13.8 Å². The summed E-state index contributed by atoms with van der Waals surface area (Å²) in [5, 5.41) is 1.77. The molecular formula is C14H16OP+. The number of hydrogen-bond acceptors (Lipinski definition) is 1. The van der Waals surface area contributed by atoms with Crippen molar-refractivity contribution in [3.05, 3.63) is 60.7 Å². The topological polar surface area (TPSA) is 17.1 Å². The van der Waals surface area contributed by atoms with Crippen LogP contribution in [0.1, 0.15) is 13.8 Å². The lowest BCUT2D eigenvalue weighted by Crippen LogP contribution is -2.04. The normalized spacial score (nSPS) is 8.88. The van der Waals surface area contributed by atoms with Crippen LogP contribution in [0.5, 0.6) is 0 Å². The maximum absolute atomic E-state index is 12.0. The van der Waals surface area contributed by atoms with Crippen LogP contribution in [0.4, 0.5) is 0 Å². The Morgan fingerprint density at radius 1 is 0.688 bits per heavy atom. The maximum atomic E-state index is 12.0. The fraction of sp³-hybridized carbons (Fsp3) is 0.143. The van der Waals surface area contributed by atoms with Gasteiger partial charge in [-0.05, 0) is 24.3 Å². The van der Waals surface area contributed by atoms with E-state index in [1.807, 2.05) is 74.5 Å². The second kappa shape index (κ2) is 6.92. The molecule has 2 aromatic rings. The molecule has 0 saturated heterocycles. The molecule has 0 fully saturated rings. The van der Waals surface area contributed by atoms with E-state index in [1.165, 1.54) is 0 Å². The van der Waals surface area contributed by atoms with Crippen LogP contribution in [0.25, 0.3) is 0 Å². The van der Waals surface area contributed by atoms with Crippen molar-refractivity contribution < 1.29 is 4.57 Å². The van der Waals surface area contributed by atoms with E-state index < -0.39 is 7.80 Å². The molecule has 2 rings (SSSR count). The van der Waals surface area contributed by atoms with Gasteiger partial charge in [0, 0.05) is 0 Å². The van der Waals surface area contributed by atoms with E-state index >= 15 is 0 Å². The Morgan fingerprint density at radius 2 is 1.00 bits per heavy atom. The molecule has 0 amide bonds. The van der Waals surface area contributed by atoms with Crippen LogP contribution in [0.15, 0.2) is 60.7 Å². The molecule has 0 N–H and O–H groups in total. The van der Waals surface area contributed by atoms with Gasteiger partial charge in [0.1, 0.15) is 0 Å². The Labute approximate surface area is 97.9 Å². The van der Waals surface area contributed by atoms with Gasteiger partial charge >= 0.3 is 7.80 Å². The molecule has 0 radical (unpaired) electrons. The molecule has 82 valence electrons. The minimum Gasteiger partial charge on any atom is -0.0683 e. The van der Waals surface area contributed by atoms with Crippen LogP contribution in [-0.2, 0) is 4.57 Å². The van der Waals surface area contributed by atoms with Gasteiger partial charge in [0.15, 0.2) is 10.6 Å². The van der Waals surface area contributed by atoms with Crippen molar-refractivity contribution in [1.29, 1.82) is 0 Å². The van der Waals surface area contributed by atoms with Gasteiger partial charge in [-0.1, -0.05) is 54.8 Å². The van der Waals surface area contributed by atoms with Gasteiger partial charge < -0.3 is 0 Å². The van der Waals surface area contributed by atoms with Crippen LogP contribution in [0, 0.1) is 0 Å². The Morgan fingerprint density at radius 3 is 1.31 bits per heavy atom. The quantitative estimate of drug-likeness (QED) is 0.723. The molecule has 2 heteroatoms. The lowest BCUT2D eigenvalue weighted by atomic mass is 10.4. The number of rotatable bonds is 2. The van der Waals surface area contributed by atoms with Gasteiger partial charge in [-0.3, -0.25) is 0 Å². The first-order valence-corrected chi connectivity index (χ1v) is 6.71. The van der Waals surface area contributed by atoms with Gasteiger partial charge in [0.25, 0.3) is 0 Å². The Balaban J connectivity index is 0.000000606. The first-order chi connectivity index (χ1) is 7.88. The van der Waals surface area contributed by atoms with E-state index in [0.29, 0.717) is 0 Å². The largest absolute Gasteiger partial charge is 0.415 e. The summed E-state index contributed by atoms with van der Waals surface area (Å²) in [6.07, 6.45) is 0. The molecule has 0 unspecified atom stereocenters. The van der Waals surface area contributed by atoms with Gasteiger partial charge in [-0.15, -0.1) is 0 Å². The van der Waals surface area contributed by atoms with Crippen molar-refractivity contribution >= 4 is 18.4 Å². The predicted octanol–water partition coefficient (Wildman–Crippen LogP) is 3.49. The summed E-state index contributed by atoms with van der Waals surface area (Å²) in [5.74, 6) is 0. The molecule has 0 spiro atoms. The van der Waals surface area contributed by atoms with E-state index in [0.717, 1.165) is 10.6 Å². The highest BCUT2D eigenvalue weighted by Crippen LogP contribution is 2.18. The third kappa shape index (κ3) is 3.29. The first kappa shape index (κ1) is 12.6. The van der Waals surface area contributed by atoms with Gasteiger partial charge in [-0.2, -0.15) is 0 Å². The lowest BCUT2D eigenvalue weighted by molar-refractivity contribution is 0.598. The summed E-state index contributed by atoms with van der Waals surface area (Å²) in [7, 11) is -1.42. The Bertz CT molecular complexity index is 382. The second-order valence-electron chi connectivity index (χ2n) is 2.97. The molecular weight excluding hydrogens is 215 g/mol. The van der Waals surface area contributed by atoms with Gasteiger partial charge in [0.2, 0.25) is 0 Å². The third-order valence-electron chi connectivity index (χ3n) is 1.98. The van der Waals surface area contributed by atoms with E-state index in [2.05, 4.69) is 0 Å². The molecule has 2 aromatic carbocycles. The molecule has 0 atom stereocenters. The van der Waals surface area contributed by atoms with Crippen LogP contribution >= 0.6 is 7.80 Å². The average molecular weight is 231 g/mol. The summed E-state index contributed by atoms with van der Waals surface area (Å²) < 4.78 is 12.0. The molecule has 0 aromatic heterocycles. The standard InChI is InChI=1S/C12H10OP.C2H6/c13-14(11-7-3-1-4-8-11)12-9-5-2-6-10-12;1-2/h1-10H;1-2H3/q+1;. The van der Waals surface area contributed by atoms with E-state index in [4.69, 9.17) is 0 Å². The highest BCUT2D eigenvalue weighted by atomic mass is 31.1. The molecule has 0 saturated carbocycles. The van der Waals surface area contributed by atoms with E-state index in [9.17, 15) is 4.57 Å². The average Bonchev–Trinajstić information content (AvgIpc) is 2.42. The zero-order valence-corrected chi connectivity index (χ0v) is 10.5. The van der Waals surface area contributed by atoms with E-state index in [1.54, 1.807) is 0 Å². The van der Waals surface area contributed by atoms with Crippen molar-refractivity contribution in [3.8, 4) is 0 Å². The minimum atomic E-state index is -1.42. The predicted molar refractivity (Wildman–Crippen MR) is 71.1 cm³/mol. The molecule has 1 nitrogen and oxygen atoms in total. The van der Waals surface area contributed by atoms with Crippen molar-refractivity contribution in [1.82, 2.24) is 0 Å². The smallest absolute Gasteiger partial charge is 0.0683 e. The molecule has 0 aliphatic heterocycles. The zero-order valence-electron chi connectivity index (χ0n) is 9.63. The van der Waals surface area contributed by atoms with Crippen molar-refractivity contribution in [2.75, 3.05) is 0 Å². The third-order valence-corrected chi connectivity index (χ3v) is 3.52. The first-order valence-electron chi connectivity index (χ1n) is 5.45. The Hall–Kier alpha value is -1.46. The van der Waals surface area contributed by atoms with Crippen LogP contribution in [0.2, 0.25) is 0 Å². The van der Waals surface area contributed by atoms with Crippen molar-refractivity contribution in [2.24, 2.45) is 0 Å². The highest BCUT2D eigenvalue weighted by molar-refractivity contribution is 7.61. The monoisotopic (exact) mass is 231 g/mol. The Kier molecular flexibility index (Phi) is 5.45. The van der Waals surface area contributed by atoms with E-state index in [-0.39, 0.29) is 0 Å². The SMILES string of the molecule is CC.O=[P+](c1ccccc1)c1ccccc1. The van der Waals surface area contributed by atoms with Gasteiger partial charge in [0.05, 0.1) is 0 Å². The fourth-order valence-electron chi connectivity index (χ4n) is 1.28. The van der Waals surface area contributed by atoms with Crippen LogP contribution in [0.3, 0.4) is 0 Å². The highest BCUT2D eigenvalue weighted by Gasteiger charge is 2.21. The van der Waals surface area contributed by atoms with Crippen LogP contribution in [-0.4, -0.2) is 0 Å². The van der Waals surface area contributed by atoms with Crippen LogP contribution < -0.4 is 10.6 Å². The summed E-state index contributed by atoms with van der Waals surface area (Å²) in [6.45, 7) is 4.00. The number of benzene rings is 2. The fourth-order valence-corrected chi connectivity index (χ4v) is 2.46. The number of hydrogen-bond donors (Lipinski definition) is 0. The molecule has 0 bridgehead atoms. The van der Waals surface area contributed by atoms with Crippen molar-refractivity contribution in [3.63, 3.8) is 0 Å². The summed E-state index contributed by atoms with van der Waals surface area (Å²) in [5.41, 5.74) is 0. The minimum absolute atomic E-state index is 0.883. The molecule has 0 aliphatic rings. The summed E-state index contributed by atoms with van der Waals surface area (Å²) >= 11 is 0. The lowest BCUT2D eigenvalue weighted by Gasteiger charge is -1.87. The maximum Gasteiger partial charge on any atom is 0.415 e. The summed E-state index contributed by atoms with van der Waals surface area (Å²) in [4.78, 5) is 0. The molecule has 0 aliphatic carbocycles. The second-order valence-corrected chi connectivity index (χ2v) is 4.59.